The molecule has 9 rings (SSSR count). The largest absolute Gasteiger partial charge is 0.342 e. The van der Waals surface area contributed by atoms with Gasteiger partial charge in [-0.1, -0.05) is 171 Å². The molecule has 248 valence electrons. The molecule has 3 aliphatic carbocycles. The number of hydrogen-bond acceptors (Lipinski definition) is 3. The van der Waals surface area contributed by atoms with Crippen LogP contribution < -0.4 is 5.32 Å². The molecule has 4 aliphatic rings. The predicted molar refractivity (Wildman–Crippen MR) is 211 cm³/mol. The lowest BCUT2D eigenvalue weighted by Crippen LogP contribution is -2.47. The fraction of sp³-hybridized carbons (Fsp3) is 0.167. The fourth-order valence-electron chi connectivity index (χ4n) is 8.71. The van der Waals surface area contributed by atoms with E-state index in [9.17, 15) is 0 Å². The highest BCUT2D eigenvalue weighted by Gasteiger charge is 2.48. The average molecular weight is 660 g/mol. The highest BCUT2D eigenvalue weighted by Crippen LogP contribution is 2.58. The van der Waals surface area contributed by atoms with Crippen LogP contribution in [0.4, 0.5) is 0 Å². The number of benzene rings is 5. The van der Waals surface area contributed by atoms with Crippen molar-refractivity contribution in [1.29, 1.82) is 0 Å². The Bertz CT molecular complexity index is 2280. The first-order chi connectivity index (χ1) is 25.0. The first-order valence-corrected chi connectivity index (χ1v) is 18.2. The summed E-state index contributed by atoms with van der Waals surface area (Å²) in [6.45, 7) is 4.52. The second-order valence-electron chi connectivity index (χ2n) is 14.4. The van der Waals surface area contributed by atoms with Crippen molar-refractivity contribution in [2.24, 2.45) is 15.9 Å². The summed E-state index contributed by atoms with van der Waals surface area (Å²) in [6, 6.07) is 48.2. The number of hydrogen-bond donors (Lipinski definition) is 1. The van der Waals surface area contributed by atoms with Crippen molar-refractivity contribution < 1.29 is 0 Å². The molecule has 0 saturated carbocycles. The second kappa shape index (κ2) is 12.5. The minimum absolute atomic E-state index is 0.480. The lowest BCUT2D eigenvalue weighted by molar-refractivity contribution is 0.455. The molecule has 5 aromatic carbocycles. The zero-order chi connectivity index (χ0) is 34.4. The summed E-state index contributed by atoms with van der Waals surface area (Å²) in [7, 11) is 0. The Morgan fingerprint density at radius 3 is 1.90 bits per heavy atom. The van der Waals surface area contributed by atoms with Crippen LogP contribution in [0.5, 0.6) is 0 Å². The van der Waals surface area contributed by atoms with E-state index in [0.29, 0.717) is 5.92 Å². The summed E-state index contributed by atoms with van der Waals surface area (Å²) in [5, 5.41) is 3.92. The normalized spacial score (nSPS) is 21.6. The summed E-state index contributed by atoms with van der Waals surface area (Å²) < 4.78 is 0. The van der Waals surface area contributed by atoms with E-state index in [1.54, 1.807) is 0 Å². The zero-order valence-corrected chi connectivity index (χ0v) is 29.2. The molecule has 0 aromatic heterocycles. The molecule has 1 unspecified atom stereocenters. The molecule has 3 nitrogen and oxygen atoms in total. The van der Waals surface area contributed by atoms with Crippen molar-refractivity contribution in [2.45, 2.75) is 44.2 Å². The van der Waals surface area contributed by atoms with E-state index in [0.717, 1.165) is 42.1 Å². The van der Waals surface area contributed by atoms with E-state index >= 15 is 0 Å². The van der Waals surface area contributed by atoms with Crippen LogP contribution in [0.15, 0.2) is 191 Å². The van der Waals surface area contributed by atoms with Gasteiger partial charge in [-0.05, 0) is 82.2 Å². The van der Waals surface area contributed by atoms with Crippen LogP contribution >= 0.6 is 0 Å². The molecule has 1 heterocycles. The van der Waals surface area contributed by atoms with Gasteiger partial charge in [0.25, 0.3) is 0 Å². The summed E-state index contributed by atoms with van der Waals surface area (Å²) >= 11 is 0. The average Bonchev–Trinajstić information content (AvgIpc) is 3.50. The molecule has 1 aliphatic heterocycles. The smallest absolute Gasteiger partial charge is 0.159 e. The third kappa shape index (κ3) is 5.19. The van der Waals surface area contributed by atoms with Gasteiger partial charge in [-0.2, -0.15) is 0 Å². The standard InChI is InChI=1S/C48H41N3/c1-33-16-14-19-37(32-33)34-28-30-36(31-29-34)46-49-45(35-17-6-3-7-18-35)50-47(2,51-46)42-26-15-27-43-44(42)40-24-12-13-25-41(40)48(43,38-20-8-4-9-21-38)39-22-10-5-11-23-39/h3-28,30,33H,29,31-32H2,1-2H3,(H,49,50,51)/t33?,47-/m0/s1. The topological polar surface area (TPSA) is 36.8 Å². The van der Waals surface area contributed by atoms with E-state index in [-0.39, 0.29) is 0 Å². The van der Waals surface area contributed by atoms with E-state index in [4.69, 9.17) is 9.98 Å². The summed E-state index contributed by atoms with van der Waals surface area (Å²) in [5.74, 6) is 2.22. The van der Waals surface area contributed by atoms with Crippen LogP contribution in [0.3, 0.4) is 0 Å². The molecular formula is C48H41N3. The van der Waals surface area contributed by atoms with Crippen LogP contribution in [0.2, 0.25) is 0 Å². The fourth-order valence-corrected chi connectivity index (χ4v) is 8.71. The van der Waals surface area contributed by atoms with Crippen molar-refractivity contribution in [2.75, 3.05) is 0 Å². The van der Waals surface area contributed by atoms with Crippen LogP contribution in [0, 0.1) is 5.92 Å². The van der Waals surface area contributed by atoms with Gasteiger partial charge in [0.15, 0.2) is 11.5 Å². The molecule has 0 saturated heterocycles. The molecule has 2 atom stereocenters. The van der Waals surface area contributed by atoms with Gasteiger partial charge in [0.1, 0.15) is 5.84 Å². The molecule has 51 heavy (non-hydrogen) atoms. The number of amidine groups is 2. The summed E-state index contributed by atoms with van der Waals surface area (Å²) in [6.07, 6.45) is 14.4. The van der Waals surface area contributed by atoms with Crippen LogP contribution in [0.25, 0.3) is 11.1 Å². The Morgan fingerprint density at radius 1 is 0.608 bits per heavy atom. The molecule has 0 bridgehead atoms. The molecule has 0 fully saturated rings. The van der Waals surface area contributed by atoms with Gasteiger partial charge >= 0.3 is 0 Å². The van der Waals surface area contributed by atoms with E-state index < -0.39 is 11.1 Å². The van der Waals surface area contributed by atoms with Gasteiger partial charge in [0, 0.05) is 11.1 Å². The Kier molecular flexibility index (Phi) is 7.65. The van der Waals surface area contributed by atoms with Gasteiger partial charge in [0.05, 0.1) is 5.41 Å². The molecule has 0 amide bonds. The van der Waals surface area contributed by atoms with Crippen molar-refractivity contribution in [3.8, 4) is 11.1 Å². The van der Waals surface area contributed by atoms with Crippen LogP contribution in [-0.4, -0.2) is 11.7 Å². The minimum atomic E-state index is -0.791. The predicted octanol–water partition coefficient (Wildman–Crippen LogP) is 10.8. The maximum atomic E-state index is 5.50. The van der Waals surface area contributed by atoms with Crippen molar-refractivity contribution in [3.63, 3.8) is 0 Å². The number of rotatable bonds is 6. The summed E-state index contributed by atoms with van der Waals surface area (Å²) in [5.41, 5.74) is 12.5. The van der Waals surface area contributed by atoms with Crippen molar-refractivity contribution in [3.05, 3.63) is 214 Å². The van der Waals surface area contributed by atoms with Gasteiger partial charge in [0.2, 0.25) is 0 Å². The van der Waals surface area contributed by atoms with Crippen molar-refractivity contribution in [1.82, 2.24) is 5.32 Å². The number of nitrogens with zero attached hydrogens (tertiary/aromatic N) is 2. The molecule has 0 radical (unpaired) electrons. The molecule has 0 spiro atoms. The maximum Gasteiger partial charge on any atom is 0.159 e. The number of fused-ring (bicyclic) bond motifs is 3. The Labute approximate surface area is 301 Å². The van der Waals surface area contributed by atoms with Gasteiger partial charge < -0.3 is 5.32 Å². The molecule has 5 aromatic rings. The lowest BCUT2D eigenvalue weighted by atomic mass is 9.67. The first-order valence-electron chi connectivity index (χ1n) is 18.2. The minimum Gasteiger partial charge on any atom is -0.342 e. The summed E-state index contributed by atoms with van der Waals surface area (Å²) in [4.78, 5) is 10.7. The van der Waals surface area contributed by atoms with Crippen molar-refractivity contribution >= 4 is 11.7 Å². The van der Waals surface area contributed by atoms with E-state index in [1.165, 1.54) is 50.1 Å². The SMILES string of the molecule is CC1C=CC=C(C2=CC=C(C3=NC(c4ccccc4)=N[C@](C)(c4cccc5c4-c4ccccc4C5(c4ccccc4)c4ccccc4)N3)CC2)C1. The van der Waals surface area contributed by atoms with Crippen LogP contribution in [0.1, 0.15) is 66.5 Å². The number of aliphatic imine (C=N–C) groups is 2. The number of nitrogens with one attached hydrogen (secondary N) is 1. The quantitative estimate of drug-likeness (QED) is 0.190. The third-order valence-electron chi connectivity index (χ3n) is 11.1. The molecule has 3 heteroatoms. The van der Waals surface area contributed by atoms with Crippen LogP contribution in [-0.2, 0) is 11.1 Å². The Morgan fingerprint density at radius 2 is 1.22 bits per heavy atom. The van der Waals surface area contributed by atoms with Gasteiger partial charge in [-0.25, -0.2) is 9.98 Å². The Hall–Kier alpha value is -5.80. The zero-order valence-electron chi connectivity index (χ0n) is 29.2. The van der Waals surface area contributed by atoms with Gasteiger partial charge in [-0.3, -0.25) is 0 Å². The monoisotopic (exact) mass is 659 g/mol. The first kappa shape index (κ1) is 31.2. The lowest BCUT2D eigenvalue weighted by Gasteiger charge is -2.36. The number of allylic oxidation sites excluding steroid dienone is 7. The highest BCUT2D eigenvalue weighted by atomic mass is 15.2. The maximum absolute atomic E-state index is 5.50. The van der Waals surface area contributed by atoms with E-state index in [1.807, 2.05) is 0 Å². The highest BCUT2D eigenvalue weighted by molar-refractivity contribution is 6.13. The Balaban J connectivity index is 1.23. The van der Waals surface area contributed by atoms with Gasteiger partial charge in [-0.15, -0.1) is 0 Å². The molecular weight excluding hydrogens is 619 g/mol. The van der Waals surface area contributed by atoms with E-state index in [2.05, 4.69) is 183 Å². The molecule has 1 N–H and O–H groups in total. The second-order valence-corrected chi connectivity index (χ2v) is 14.4. The third-order valence-corrected chi connectivity index (χ3v) is 11.1.